The summed E-state index contributed by atoms with van der Waals surface area (Å²) in [5, 5.41) is 3.60. The molecule has 2 aliphatic carbocycles. The predicted octanol–water partition coefficient (Wildman–Crippen LogP) is 2.18. The van der Waals surface area contributed by atoms with Crippen molar-refractivity contribution in [2.45, 2.75) is 70.0 Å². The van der Waals surface area contributed by atoms with Crippen LogP contribution < -0.4 is 5.32 Å². The number of ether oxygens (including phenoxy) is 1. The van der Waals surface area contributed by atoms with Crippen LogP contribution >= 0.6 is 0 Å². The highest BCUT2D eigenvalue weighted by Crippen LogP contribution is 2.39. The van der Waals surface area contributed by atoms with Crippen LogP contribution in [0, 0.1) is 11.8 Å². The van der Waals surface area contributed by atoms with Gasteiger partial charge in [0, 0.05) is 18.6 Å². The van der Waals surface area contributed by atoms with Gasteiger partial charge in [0.2, 0.25) is 0 Å². The third-order valence-electron chi connectivity index (χ3n) is 5.84. The summed E-state index contributed by atoms with van der Waals surface area (Å²) in [7, 11) is 1.52. The number of carbonyl (C=O) groups is 1. The van der Waals surface area contributed by atoms with Crippen molar-refractivity contribution in [3.05, 3.63) is 0 Å². The molecule has 4 nitrogen and oxygen atoms in total. The molecule has 0 aromatic rings. The van der Waals surface area contributed by atoms with Gasteiger partial charge in [0.15, 0.2) is 0 Å². The molecular formula is C17H30N2O2. The maximum absolute atomic E-state index is 12.3. The zero-order valence-corrected chi connectivity index (χ0v) is 13.7. The number of nitrogens with zero attached hydrogens (tertiary/aromatic N) is 1. The van der Waals surface area contributed by atoms with Gasteiger partial charge in [-0.25, -0.2) is 0 Å². The van der Waals surface area contributed by atoms with Crippen molar-refractivity contribution < 1.29 is 9.53 Å². The molecule has 1 heterocycles. The summed E-state index contributed by atoms with van der Waals surface area (Å²) in [5.41, 5.74) is -0.406. The van der Waals surface area contributed by atoms with Crippen molar-refractivity contribution in [3.8, 4) is 0 Å². The van der Waals surface area contributed by atoms with Crippen molar-refractivity contribution >= 4 is 5.97 Å². The Hall–Kier alpha value is -0.610. The first-order valence-electron chi connectivity index (χ1n) is 8.64. The molecule has 0 amide bonds. The van der Waals surface area contributed by atoms with E-state index in [2.05, 4.69) is 24.1 Å². The van der Waals surface area contributed by atoms with Gasteiger partial charge in [-0.05, 0) is 56.9 Å². The molecule has 0 bridgehead atoms. The van der Waals surface area contributed by atoms with E-state index < -0.39 is 5.54 Å². The third kappa shape index (κ3) is 3.11. The minimum absolute atomic E-state index is 0.0449. The van der Waals surface area contributed by atoms with Gasteiger partial charge in [-0.15, -0.1) is 0 Å². The van der Waals surface area contributed by atoms with Gasteiger partial charge < -0.3 is 9.64 Å². The molecule has 2 saturated carbocycles. The lowest BCUT2D eigenvalue weighted by Gasteiger charge is -2.30. The molecule has 4 heteroatoms. The molecule has 3 fully saturated rings. The summed E-state index contributed by atoms with van der Waals surface area (Å²) in [6.45, 7) is 7.07. The van der Waals surface area contributed by atoms with Crippen LogP contribution in [0.25, 0.3) is 0 Å². The second-order valence-corrected chi connectivity index (χ2v) is 7.68. The van der Waals surface area contributed by atoms with E-state index in [4.69, 9.17) is 4.74 Å². The highest BCUT2D eigenvalue weighted by molar-refractivity contribution is 5.81. The molecule has 120 valence electrons. The quantitative estimate of drug-likeness (QED) is 0.789. The van der Waals surface area contributed by atoms with Gasteiger partial charge in [-0.1, -0.05) is 13.8 Å². The van der Waals surface area contributed by atoms with Gasteiger partial charge in [0.1, 0.15) is 5.54 Å². The van der Waals surface area contributed by atoms with Crippen LogP contribution in [0.5, 0.6) is 0 Å². The van der Waals surface area contributed by atoms with Gasteiger partial charge in [0.05, 0.1) is 7.11 Å². The number of methoxy groups -OCH3 is 1. The number of likely N-dealkylation sites (tertiary alicyclic amines) is 1. The zero-order valence-electron chi connectivity index (χ0n) is 13.7. The summed E-state index contributed by atoms with van der Waals surface area (Å²) in [6, 6.07) is 1.10. The molecule has 0 aromatic carbocycles. The molecular weight excluding hydrogens is 264 g/mol. The van der Waals surface area contributed by atoms with Gasteiger partial charge >= 0.3 is 5.97 Å². The van der Waals surface area contributed by atoms with E-state index >= 15 is 0 Å². The molecule has 3 atom stereocenters. The second kappa shape index (κ2) is 5.88. The Morgan fingerprint density at radius 1 is 1.29 bits per heavy atom. The number of esters is 1. The summed E-state index contributed by atoms with van der Waals surface area (Å²) >= 11 is 0. The monoisotopic (exact) mass is 294 g/mol. The summed E-state index contributed by atoms with van der Waals surface area (Å²) in [5.74, 6) is 1.55. The molecule has 0 radical (unpaired) electrons. The fourth-order valence-corrected chi connectivity index (χ4v) is 4.21. The summed E-state index contributed by atoms with van der Waals surface area (Å²) in [4.78, 5) is 15.0. The van der Waals surface area contributed by atoms with E-state index in [0.29, 0.717) is 12.1 Å². The maximum Gasteiger partial charge on any atom is 0.326 e. The highest BCUT2D eigenvalue weighted by atomic mass is 16.5. The molecule has 0 aromatic heterocycles. The normalized spacial score (nSPS) is 37.3. The van der Waals surface area contributed by atoms with E-state index in [1.54, 1.807) is 0 Å². The molecule has 1 N–H and O–H groups in total. The van der Waals surface area contributed by atoms with Crippen molar-refractivity contribution in [2.75, 3.05) is 20.2 Å². The molecule has 1 aliphatic heterocycles. The van der Waals surface area contributed by atoms with E-state index in [9.17, 15) is 4.79 Å². The number of hydrogen-bond acceptors (Lipinski definition) is 4. The first-order chi connectivity index (χ1) is 10.0. The third-order valence-corrected chi connectivity index (χ3v) is 5.84. The van der Waals surface area contributed by atoms with Crippen LogP contribution in [0.2, 0.25) is 0 Å². The molecule has 3 unspecified atom stereocenters. The molecule has 3 rings (SSSR count). The highest BCUT2D eigenvalue weighted by Gasteiger charge is 2.50. The van der Waals surface area contributed by atoms with E-state index in [1.165, 1.54) is 39.5 Å². The second-order valence-electron chi connectivity index (χ2n) is 7.68. The summed E-state index contributed by atoms with van der Waals surface area (Å²) in [6.07, 6.45) is 6.73. The molecule has 3 aliphatic rings. The first-order valence-corrected chi connectivity index (χ1v) is 8.64. The SMILES string of the molecule is COC(=O)C1(NC2CC2)CCC(N2CCC(C(C)C)C2)C1. The lowest BCUT2D eigenvalue weighted by Crippen LogP contribution is -2.52. The summed E-state index contributed by atoms with van der Waals surface area (Å²) < 4.78 is 5.12. The average molecular weight is 294 g/mol. The maximum atomic E-state index is 12.3. The Morgan fingerprint density at radius 2 is 2.05 bits per heavy atom. The van der Waals surface area contributed by atoms with E-state index in [0.717, 1.165) is 31.1 Å². The van der Waals surface area contributed by atoms with E-state index in [1.807, 2.05) is 0 Å². The smallest absolute Gasteiger partial charge is 0.326 e. The number of rotatable bonds is 5. The van der Waals surface area contributed by atoms with Crippen molar-refractivity contribution in [3.63, 3.8) is 0 Å². The number of carbonyl (C=O) groups excluding carboxylic acids is 1. The van der Waals surface area contributed by atoms with Crippen LogP contribution in [0.1, 0.15) is 52.4 Å². The van der Waals surface area contributed by atoms with Gasteiger partial charge in [0.25, 0.3) is 0 Å². The molecule has 1 saturated heterocycles. The van der Waals surface area contributed by atoms with Crippen molar-refractivity contribution in [2.24, 2.45) is 11.8 Å². The van der Waals surface area contributed by atoms with Crippen LogP contribution in [-0.2, 0) is 9.53 Å². The van der Waals surface area contributed by atoms with Crippen LogP contribution in [-0.4, -0.2) is 48.7 Å². The van der Waals surface area contributed by atoms with Crippen LogP contribution in [0.4, 0.5) is 0 Å². The zero-order chi connectivity index (χ0) is 15.0. The molecule has 21 heavy (non-hydrogen) atoms. The fourth-order valence-electron chi connectivity index (χ4n) is 4.21. The lowest BCUT2D eigenvalue weighted by atomic mass is 9.95. The number of nitrogens with one attached hydrogen (secondary N) is 1. The Morgan fingerprint density at radius 3 is 2.62 bits per heavy atom. The van der Waals surface area contributed by atoms with E-state index in [-0.39, 0.29) is 5.97 Å². The van der Waals surface area contributed by atoms with Crippen LogP contribution in [0.3, 0.4) is 0 Å². The number of hydrogen-bond donors (Lipinski definition) is 1. The predicted molar refractivity (Wildman–Crippen MR) is 83.1 cm³/mol. The minimum atomic E-state index is -0.406. The largest absolute Gasteiger partial charge is 0.468 e. The van der Waals surface area contributed by atoms with Crippen molar-refractivity contribution in [1.82, 2.24) is 10.2 Å². The fraction of sp³-hybridized carbons (Fsp3) is 0.941. The average Bonchev–Trinajstić information content (AvgIpc) is 2.97. The first kappa shape index (κ1) is 15.3. The van der Waals surface area contributed by atoms with Gasteiger partial charge in [-0.3, -0.25) is 10.1 Å². The van der Waals surface area contributed by atoms with Crippen molar-refractivity contribution in [1.29, 1.82) is 0 Å². The Balaban J connectivity index is 1.63. The standard InChI is InChI=1S/C17H30N2O2/c1-12(2)13-7-9-19(11-13)15-6-8-17(10-15,16(20)21-3)18-14-4-5-14/h12-15,18H,4-11H2,1-3H3. The lowest BCUT2D eigenvalue weighted by molar-refractivity contribution is -0.148. The Kier molecular flexibility index (Phi) is 4.28. The van der Waals surface area contributed by atoms with Gasteiger partial charge in [-0.2, -0.15) is 0 Å². The van der Waals surface area contributed by atoms with Crippen LogP contribution in [0.15, 0.2) is 0 Å². The Bertz CT molecular complexity index is 394. The topological polar surface area (TPSA) is 41.6 Å². The Labute approximate surface area is 128 Å². The minimum Gasteiger partial charge on any atom is -0.468 e. The molecule has 0 spiro atoms.